The predicted octanol–water partition coefficient (Wildman–Crippen LogP) is 4.09. The van der Waals surface area contributed by atoms with E-state index in [9.17, 15) is 4.79 Å². The number of halogens is 1. The molecule has 1 unspecified atom stereocenters. The zero-order valence-corrected chi connectivity index (χ0v) is 17.1. The molecule has 1 aromatic heterocycles. The number of amides is 1. The molecule has 4 rings (SSSR count). The van der Waals surface area contributed by atoms with E-state index in [4.69, 9.17) is 20.8 Å². The lowest BCUT2D eigenvalue weighted by atomic mass is 10.1. The van der Waals surface area contributed by atoms with Gasteiger partial charge >= 0.3 is 0 Å². The van der Waals surface area contributed by atoms with Gasteiger partial charge in [0.2, 0.25) is 0 Å². The Balaban J connectivity index is 1.50. The van der Waals surface area contributed by atoms with Gasteiger partial charge in [0.25, 0.3) is 5.91 Å². The van der Waals surface area contributed by atoms with Crippen molar-refractivity contribution in [3.05, 3.63) is 46.7 Å². The molecule has 1 atom stereocenters. The molecule has 150 valence electrons. The Hall–Kier alpha value is -1.82. The normalized spacial score (nSPS) is 21.1. The Morgan fingerprint density at radius 1 is 1.21 bits per heavy atom. The molecule has 2 fully saturated rings. The molecule has 2 aliphatic heterocycles. The van der Waals surface area contributed by atoms with Crippen LogP contribution >= 0.6 is 11.6 Å². The SMILES string of the molecule is Cc1oc(-c2ccccc2Cl)cc1C(=O)N1CCOCC(CN2CCCC2)C1. The molecular weight excluding hydrogens is 376 g/mol. The van der Waals surface area contributed by atoms with Gasteiger partial charge < -0.3 is 19.0 Å². The van der Waals surface area contributed by atoms with Crippen LogP contribution in [0.3, 0.4) is 0 Å². The van der Waals surface area contributed by atoms with Gasteiger partial charge in [-0.05, 0) is 51.1 Å². The Bertz CT molecular complexity index is 829. The van der Waals surface area contributed by atoms with Crippen LogP contribution < -0.4 is 0 Å². The van der Waals surface area contributed by atoms with Crippen molar-refractivity contribution in [2.24, 2.45) is 5.92 Å². The number of ether oxygens (including phenoxy) is 1. The molecule has 0 aliphatic carbocycles. The van der Waals surface area contributed by atoms with Crippen LogP contribution in [0.2, 0.25) is 5.02 Å². The molecule has 5 nitrogen and oxygen atoms in total. The highest BCUT2D eigenvalue weighted by Gasteiger charge is 2.28. The molecule has 2 aliphatic rings. The summed E-state index contributed by atoms with van der Waals surface area (Å²) in [5, 5.41) is 0.615. The number of benzene rings is 1. The van der Waals surface area contributed by atoms with Crippen LogP contribution in [-0.4, -0.2) is 61.6 Å². The van der Waals surface area contributed by atoms with Gasteiger partial charge in [-0.1, -0.05) is 23.7 Å². The van der Waals surface area contributed by atoms with Gasteiger partial charge in [-0.3, -0.25) is 4.79 Å². The summed E-state index contributed by atoms with van der Waals surface area (Å²) in [6, 6.07) is 9.34. The lowest BCUT2D eigenvalue weighted by molar-refractivity contribution is 0.0732. The largest absolute Gasteiger partial charge is 0.460 e. The maximum absolute atomic E-state index is 13.2. The van der Waals surface area contributed by atoms with Crippen LogP contribution in [0.5, 0.6) is 0 Å². The van der Waals surface area contributed by atoms with E-state index >= 15 is 0 Å². The van der Waals surface area contributed by atoms with Crippen molar-refractivity contribution < 1.29 is 13.9 Å². The number of nitrogens with zero attached hydrogens (tertiary/aromatic N) is 2. The van der Waals surface area contributed by atoms with Crippen LogP contribution in [0, 0.1) is 12.8 Å². The summed E-state index contributed by atoms with van der Waals surface area (Å²) in [6.45, 7) is 7.79. The van der Waals surface area contributed by atoms with Crippen LogP contribution in [0.1, 0.15) is 29.0 Å². The van der Waals surface area contributed by atoms with Crippen molar-refractivity contribution in [2.75, 3.05) is 45.9 Å². The summed E-state index contributed by atoms with van der Waals surface area (Å²) < 4.78 is 11.7. The second kappa shape index (κ2) is 8.68. The highest BCUT2D eigenvalue weighted by Crippen LogP contribution is 2.31. The Kier molecular flexibility index (Phi) is 6.04. The molecule has 0 spiro atoms. The first-order valence-corrected chi connectivity index (χ1v) is 10.4. The van der Waals surface area contributed by atoms with Crippen LogP contribution in [0.4, 0.5) is 0 Å². The molecule has 28 heavy (non-hydrogen) atoms. The van der Waals surface area contributed by atoms with Crippen molar-refractivity contribution in [3.63, 3.8) is 0 Å². The first-order valence-electron chi connectivity index (χ1n) is 10.1. The van der Waals surface area contributed by atoms with Crippen LogP contribution in [0.25, 0.3) is 11.3 Å². The van der Waals surface area contributed by atoms with Gasteiger partial charge in [0, 0.05) is 31.1 Å². The molecule has 2 saturated heterocycles. The Labute approximate surface area is 171 Å². The minimum absolute atomic E-state index is 0.0106. The van der Waals surface area contributed by atoms with Crippen LogP contribution in [0.15, 0.2) is 34.7 Å². The zero-order chi connectivity index (χ0) is 19.5. The first kappa shape index (κ1) is 19.5. The van der Waals surface area contributed by atoms with Crippen LogP contribution in [-0.2, 0) is 4.74 Å². The standard InChI is InChI=1S/C22H27ClN2O3/c1-16-19(12-21(28-16)18-6-2-3-7-20(18)23)22(26)25-10-11-27-15-17(14-25)13-24-8-4-5-9-24/h2-3,6-7,12,17H,4-5,8-11,13-15H2,1H3. The van der Waals surface area contributed by atoms with E-state index in [-0.39, 0.29) is 5.91 Å². The third-order valence-corrected chi connectivity index (χ3v) is 5.96. The first-order chi connectivity index (χ1) is 13.6. The fourth-order valence-electron chi connectivity index (χ4n) is 4.16. The summed E-state index contributed by atoms with van der Waals surface area (Å²) in [7, 11) is 0. The van der Waals surface area contributed by atoms with Gasteiger partial charge in [-0.15, -0.1) is 0 Å². The van der Waals surface area contributed by atoms with Crippen molar-refractivity contribution in [2.45, 2.75) is 19.8 Å². The summed E-state index contributed by atoms with van der Waals surface area (Å²) in [5.41, 5.74) is 1.41. The minimum atomic E-state index is 0.0106. The molecule has 2 aromatic rings. The summed E-state index contributed by atoms with van der Waals surface area (Å²) in [6.07, 6.45) is 2.55. The smallest absolute Gasteiger partial charge is 0.257 e. The quantitative estimate of drug-likeness (QED) is 0.772. The molecule has 0 radical (unpaired) electrons. The third kappa shape index (κ3) is 4.27. The Morgan fingerprint density at radius 2 is 2.00 bits per heavy atom. The highest BCUT2D eigenvalue weighted by molar-refractivity contribution is 6.33. The average Bonchev–Trinajstić information content (AvgIpc) is 3.26. The van der Waals surface area contributed by atoms with E-state index in [1.54, 1.807) is 0 Å². The van der Waals surface area contributed by atoms with Gasteiger partial charge in [0.1, 0.15) is 11.5 Å². The molecule has 1 aromatic carbocycles. The molecule has 6 heteroatoms. The second-order valence-corrected chi connectivity index (χ2v) is 8.17. The Morgan fingerprint density at radius 3 is 2.79 bits per heavy atom. The molecular formula is C22H27ClN2O3. The van der Waals surface area contributed by atoms with E-state index in [0.29, 0.717) is 41.2 Å². The fraction of sp³-hybridized carbons (Fsp3) is 0.500. The molecule has 3 heterocycles. The fourth-order valence-corrected chi connectivity index (χ4v) is 4.39. The maximum Gasteiger partial charge on any atom is 0.257 e. The minimum Gasteiger partial charge on any atom is -0.460 e. The van der Waals surface area contributed by atoms with Crippen molar-refractivity contribution in [1.29, 1.82) is 0 Å². The average molecular weight is 403 g/mol. The summed E-state index contributed by atoms with van der Waals surface area (Å²) in [4.78, 5) is 17.7. The summed E-state index contributed by atoms with van der Waals surface area (Å²) in [5.74, 6) is 1.61. The van der Waals surface area contributed by atoms with Gasteiger partial charge in [0.05, 0.1) is 23.8 Å². The van der Waals surface area contributed by atoms with Crippen molar-refractivity contribution in [1.82, 2.24) is 9.80 Å². The van der Waals surface area contributed by atoms with Gasteiger partial charge in [-0.2, -0.15) is 0 Å². The van der Waals surface area contributed by atoms with Gasteiger partial charge in [-0.25, -0.2) is 0 Å². The number of carbonyl (C=O) groups excluding carboxylic acids is 1. The number of hydrogen-bond donors (Lipinski definition) is 0. The number of likely N-dealkylation sites (tertiary alicyclic amines) is 1. The van der Waals surface area contributed by atoms with E-state index in [1.165, 1.54) is 12.8 Å². The van der Waals surface area contributed by atoms with Crippen molar-refractivity contribution in [3.8, 4) is 11.3 Å². The van der Waals surface area contributed by atoms with E-state index in [2.05, 4.69) is 4.90 Å². The molecule has 0 bridgehead atoms. The second-order valence-electron chi connectivity index (χ2n) is 7.76. The highest BCUT2D eigenvalue weighted by atomic mass is 35.5. The summed E-state index contributed by atoms with van der Waals surface area (Å²) >= 11 is 6.29. The predicted molar refractivity (Wildman–Crippen MR) is 110 cm³/mol. The lowest BCUT2D eigenvalue weighted by Crippen LogP contribution is -2.39. The maximum atomic E-state index is 13.2. The van der Waals surface area contributed by atoms with E-state index < -0.39 is 0 Å². The number of rotatable bonds is 4. The number of furan rings is 1. The lowest BCUT2D eigenvalue weighted by Gasteiger charge is -2.26. The van der Waals surface area contributed by atoms with E-state index in [1.807, 2.05) is 42.2 Å². The van der Waals surface area contributed by atoms with E-state index in [0.717, 1.165) is 38.3 Å². The zero-order valence-electron chi connectivity index (χ0n) is 16.3. The molecule has 0 N–H and O–H groups in total. The topological polar surface area (TPSA) is 45.9 Å². The third-order valence-electron chi connectivity index (χ3n) is 5.63. The van der Waals surface area contributed by atoms with Crippen molar-refractivity contribution >= 4 is 17.5 Å². The molecule has 0 saturated carbocycles. The number of carbonyl (C=O) groups is 1. The monoisotopic (exact) mass is 402 g/mol. The number of hydrogen-bond acceptors (Lipinski definition) is 4. The van der Waals surface area contributed by atoms with Gasteiger partial charge in [0.15, 0.2) is 0 Å². The molecule has 1 amide bonds. The number of aryl methyl sites for hydroxylation is 1.